The predicted octanol–water partition coefficient (Wildman–Crippen LogP) is 11.7. The van der Waals surface area contributed by atoms with Gasteiger partial charge < -0.3 is 14.4 Å². The second-order valence-corrected chi connectivity index (χ2v) is 14.8. The fourth-order valence-corrected chi connectivity index (χ4v) is 8.72. The number of rotatable bonds is 4. The second kappa shape index (κ2) is 11.6. The second-order valence-electron chi connectivity index (χ2n) is 14.8. The highest BCUT2D eigenvalue weighted by Gasteiger charge is 2.58. The van der Waals surface area contributed by atoms with Gasteiger partial charge in [0.05, 0.1) is 11.6 Å². The fraction of sp³-hybridized carbons (Fsp3) is 0.122. The average Bonchev–Trinajstić information content (AvgIpc) is 3.37. The predicted molar refractivity (Wildman–Crippen MR) is 220 cm³/mol. The van der Waals surface area contributed by atoms with E-state index in [9.17, 15) is 0 Å². The molecule has 0 aliphatic carbocycles. The molecule has 0 aromatic heterocycles. The highest BCUT2D eigenvalue weighted by molar-refractivity contribution is 6.01. The zero-order valence-corrected chi connectivity index (χ0v) is 30.0. The third-order valence-corrected chi connectivity index (χ3v) is 11.6. The minimum Gasteiger partial charge on any atom is -0.472 e. The summed E-state index contributed by atoms with van der Waals surface area (Å²) in [6.07, 6.45) is 10.8. The van der Waals surface area contributed by atoms with Gasteiger partial charge >= 0.3 is 0 Å². The van der Waals surface area contributed by atoms with Crippen molar-refractivity contribution in [2.75, 3.05) is 11.9 Å². The average molecular weight is 687 g/mol. The number of benzene rings is 7. The van der Waals surface area contributed by atoms with E-state index in [1.165, 1.54) is 22.0 Å². The van der Waals surface area contributed by atoms with Gasteiger partial charge in [0.2, 0.25) is 5.72 Å². The smallest absolute Gasteiger partial charge is 0.228 e. The van der Waals surface area contributed by atoms with Crippen LogP contribution in [-0.4, -0.2) is 19.0 Å². The van der Waals surface area contributed by atoms with Crippen LogP contribution in [0.5, 0.6) is 11.5 Å². The lowest BCUT2D eigenvalue weighted by atomic mass is 9.77. The van der Waals surface area contributed by atoms with Crippen LogP contribution in [0.3, 0.4) is 0 Å². The summed E-state index contributed by atoms with van der Waals surface area (Å²) in [7, 11) is 2.10. The quantitative estimate of drug-likeness (QED) is 0.173. The van der Waals surface area contributed by atoms with Crippen LogP contribution in [0.1, 0.15) is 47.2 Å². The van der Waals surface area contributed by atoms with E-state index in [1.54, 1.807) is 0 Å². The largest absolute Gasteiger partial charge is 0.472 e. The number of aliphatic imine (C=N–C) groups is 1. The number of hydrogen-bond donors (Lipinski definition) is 0. The van der Waals surface area contributed by atoms with E-state index in [1.807, 2.05) is 18.3 Å². The maximum atomic E-state index is 7.26. The van der Waals surface area contributed by atoms with Gasteiger partial charge in [0, 0.05) is 40.4 Å². The molecule has 1 spiro atoms. The first kappa shape index (κ1) is 31.4. The van der Waals surface area contributed by atoms with Crippen molar-refractivity contribution in [1.29, 1.82) is 0 Å². The number of para-hydroxylation sites is 1. The van der Waals surface area contributed by atoms with Gasteiger partial charge in [-0.3, -0.25) is 4.99 Å². The minimum absolute atomic E-state index is 0.299. The lowest BCUT2D eigenvalue weighted by molar-refractivity contribution is 0.0826. The van der Waals surface area contributed by atoms with Crippen molar-refractivity contribution in [1.82, 2.24) is 0 Å². The minimum atomic E-state index is -0.769. The van der Waals surface area contributed by atoms with Crippen LogP contribution in [0.15, 0.2) is 157 Å². The van der Waals surface area contributed by atoms with E-state index in [0.717, 1.165) is 55.8 Å². The first-order valence-electron chi connectivity index (χ1n) is 18.3. The Kier molecular flexibility index (Phi) is 6.84. The summed E-state index contributed by atoms with van der Waals surface area (Å²) in [6.45, 7) is 4.48. The molecule has 0 bridgehead atoms. The normalized spacial score (nSPS) is 18.9. The van der Waals surface area contributed by atoms with Crippen molar-refractivity contribution in [3.05, 3.63) is 185 Å². The molecular formula is C49H38N2O2. The Bertz CT molecular complexity index is 2630. The molecule has 10 rings (SSSR count). The van der Waals surface area contributed by atoms with Crippen molar-refractivity contribution in [2.45, 2.75) is 30.6 Å². The summed E-state index contributed by atoms with van der Waals surface area (Å²) in [5, 5.41) is 4.51. The van der Waals surface area contributed by atoms with Crippen molar-refractivity contribution >= 4 is 57.4 Å². The first-order valence-corrected chi connectivity index (χ1v) is 18.3. The summed E-state index contributed by atoms with van der Waals surface area (Å²) >= 11 is 0. The summed E-state index contributed by atoms with van der Waals surface area (Å²) in [4.78, 5) is 7.34. The van der Waals surface area contributed by atoms with Crippen molar-refractivity contribution in [3.63, 3.8) is 0 Å². The number of ether oxygens (including phenoxy) is 2. The molecule has 4 nitrogen and oxygen atoms in total. The molecule has 0 fully saturated rings. The molecule has 256 valence electrons. The third kappa shape index (κ3) is 4.58. The number of hydrogen-bond acceptors (Lipinski definition) is 4. The zero-order valence-electron chi connectivity index (χ0n) is 30.0. The number of fused-ring (bicyclic) bond motifs is 7. The molecule has 4 heteroatoms. The Morgan fingerprint density at radius 2 is 1.34 bits per heavy atom. The summed E-state index contributed by atoms with van der Waals surface area (Å²) < 4.78 is 14.2. The molecule has 1 unspecified atom stereocenters. The number of likely N-dealkylation sites (N-methyl/N-ethyl adjacent to an activating group) is 1. The molecule has 3 aliphatic heterocycles. The molecule has 0 saturated heterocycles. The molecule has 3 heterocycles. The fourth-order valence-electron chi connectivity index (χ4n) is 8.72. The van der Waals surface area contributed by atoms with Crippen LogP contribution in [0.25, 0.3) is 39.8 Å². The number of anilines is 1. The summed E-state index contributed by atoms with van der Waals surface area (Å²) in [5.41, 5.74) is 6.88. The Morgan fingerprint density at radius 3 is 2.11 bits per heavy atom. The molecule has 3 aliphatic rings. The van der Waals surface area contributed by atoms with E-state index in [0.29, 0.717) is 0 Å². The molecule has 1 atom stereocenters. The van der Waals surface area contributed by atoms with E-state index >= 15 is 0 Å². The maximum Gasteiger partial charge on any atom is 0.228 e. The highest BCUT2D eigenvalue weighted by atomic mass is 16.5. The topological polar surface area (TPSA) is 34.1 Å². The molecule has 0 saturated carbocycles. The van der Waals surface area contributed by atoms with Crippen LogP contribution in [-0.2, 0) is 11.0 Å². The lowest BCUT2D eigenvalue weighted by Crippen LogP contribution is -2.61. The van der Waals surface area contributed by atoms with Gasteiger partial charge in [-0.2, -0.15) is 0 Å². The van der Waals surface area contributed by atoms with Gasteiger partial charge in [0.1, 0.15) is 17.2 Å². The SMILES string of the molecule is CN1c2ccccc2C(C)(C)C12C=Nc1c(ccc3cc(C=Cc4cc5ccccc5c5c4OC(c4ccccc4)(c4ccccc4)C=C5)ccc13)O2. The Morgan fingerprint density at radius 1 is 0.642 bits per heavy atom. The molecule has 7 aromatic carbocycles. The van der Waals surface area contributed by atoms with E-state index in [2.05, 4.69) is 184 Å². The van der Waals surface area contributed by atoms with Gasteiger partial charge in [0.15, 0.2) is 5.60 Å². The van der Waals surface area contributed by atoms with E-state index in [4.69, 9.17) is 14.5 Å². The molecule has 7 aromatic rings. The summed E-state index contributed by atoms with van der Waals surface area (Å²) in [5.74, 6) is 1.66. The third-order valence-electron chi connectivity index (χ3n) is 11.6. The molecule has 0 radical (unpaired) electrons. The van der Waals surface area contributed by atoms with Crippen LogP contribution >= 0.6 is 0 Å². The van der Waals surface area contributed by atoms with Crippen LogP contribution < -0.4 is 14.4 Å². The standard InChI is InChI=1S/C49H38N2O2/c1-47(2)42-20-12-13-21-43(42)51(3)49(47)32-50-45-40-26-23-33(30-35(40)25-27-44(45)52-49)22-24-36-31-34-14-10-11-19-39(34)41-28-29-48(53-46(36)41,37-15-6-4-7-16-37)38-17-8-5-9-18-38/h4-32H,1-3H3. The van der Waals surface area contributed by atoms with Crippen molar-refractivity contribution in [3.8, 4) is 11.5 Å². The van der Waals surface area contributed by atoms with E-state index < -0.39 is 11.3 Å². The molecule has 0 amide bonds. The Balaban J connectivity index is 1.03. The lowest BCUT2D eigenvalue weighted by Gasteiger charge is -2.45. The zero-order chi connectivity index (χ0) is 35.8. The number of nitrogens with zero attached hydrogens (tertiary/aromatic N) is 2. The highest BCUT2D eigenvalue weighted by Crippen LogP contribution is 2.54. The van der Waals surface area contributed by atoms with Crippen LogP contribution in [0, 0.1) is 0 Å². The van der Waals surface area contributed by atoms with Gasteiger partial charge in [-0.25, -0.2) is 0 Å². The van der Waals surface area contributed by atoms with Gasteiger partial charge in [-0.05, 0) is 77.6 Å². The van der Waals surface area contributed by atoms with E-state index in [-0.39, 0.29) is 5.41 Å². The van der Waals surface area contributed by atoms with Gasteiger partial charge in [-0.15, -0.1) is 0 Å². The Hall–Kier alpha value is -6.39. The van der Waals surface area contributed by atoms with Crippen molar-refractivity contribution < 1.29 is 9.47 Å². The van der Waals surface area contributed by atoms with Crippen molar-refractivity contribution in [2.24, 2.45) is 4.99 Å². The van der Waals surface area contributed by atoms with Crippen LogP contribution in [0.4, 0.5) is 11.4 Å². The molecule has 53 heavy (non-hydrogen) atoms. The maximum absolute atomic E-state index is 7.26. The van der Waals surface area contributed by atoms with Crippen LogP contribution in [0.2, 0.25) is 0 Å². The molecular weight excluding hydrogens is 649 g/mol. The first-order chi connectivity index (χ1) is 25.9. The van der Waals surface area contributed by atoms with Gasteiger partial charge in [-0.1, -0.05) is 133 Å². The summed E-state index contributed by atoms with van der Waals surface area (Å²) in [6, 6.07) is 51.1. The Labute approximate surface area is 310 Å². The monoisotopic (exact) mass is 686 g/mol. The molecule has 0 N–H and O–H groups in total. The van der Waals surface area contributed by atoms with Gasteiger partial charge in [0.25, 0.3) is 0 Å².